The third-order valence-electron chi connectivity index (χ3n) is 1.49. The first-order valence-electron chi connectivity index (χ1n) is 3.02. The van der Waals surface area contributed by atoms with Gasteiger partial charge in [0.2, 0.25) is 0 Å². The molecule has 0 bridgehead atoms. The lowest BCUT2D eigenvalue weighted by Gasteiger charge is -2.19. The lowest BCUT2D eigenvalue weighted by atomic mass is 10.1. The molecule has 0 aromatic rings. The lowest BCUT2D eigenvalue weighted by molar-refractivity contribution is 0.270. The highest BCUT2D eigenvalue weighted by Crippen LogP contribution is 2.24. The summed E-state index contributed by atoms with van der Waals surface area (Å²) < 4.78 is 0. The maximum atomic E-state index is 8.52. The fourth-order valence-corrected chi connectivity index (χ4v) is 0.561. The second-order valence-electron chi connectivity index (χ2n) is 2.48. The Morgan fingerprint density at radius 2 is 2.12 bits per heavy atom. The van der Waals surface area contributed by atoms with Crippen molar-refractivity contribution in [2.45, 2.75) is 31.8 Å². The molecule has 2 heteroatoms. The van der Waals surface area contributed by atoms with Crippen molar-refractivity contribution < 1.29 is 5.11 Å². The first-order valence-corrected chi connectivity index (χ1v) is 3.60. The van der Waals surface area contributed by atoms with Crippen LogP contribution in [-0.4, -0.2) is 16.9 Å². The van der Waals surface area contributed by atoms with E-state index in [2.05, 4.69) is 23.1 Å². The van der Waals surface area contributed by atoms with Crippen LogP contribution in [0.1, 0.15) is 26.7 Å². The average molecular weight is 134 g/mol. The molecular formula is C6H15OP. The normalized spacial score (nSPS) is 18.0. The van der Waals surface area contributed by atoms with Gasteiger partial charge in [0.25, 0.3) is 0 Å². The highest BCUT2D eigenvalue weighted by molar-refractivity contribution is 7.18. The predicted molar refractivity (Wildman–Crippen MR) is 40.1 cm³/mol. The summed E-state index contributed by atoms with van der Waals surface area (Å²) in [7, 11) is 2.75. The van der Waals surface area contributed by atoms with Crippen LogP contribution < -0.4 is 0 Å². The van der Waals surface area contributed by atoms with Crippen LogP contribution in [0.5, 0.6) is 0 Å². The van der Waals surface area contributed by atoms with E-state index in [-0.39, 0.29) is 5.16 Å². The third kappa shape index (κ3) is 3.40. The number of hydrogen-bond donors (Lipinski definition) is 1. The summed E-state index contributed by atoms with van der Waals surface area (Å²) in [5.74, 6) is 0. The summed E-state index contributed by atoms with van der Waals surface area (Å²) in [6.07, 6.45) is 1.99. The van der Waals surface area contributed by atoms with E-state index in [1.165, 1.54) is 0 Å². The van der Waals surface area contributed by atoms with Crippen molar-refractivity contribution in [3.63, 3.8) is 0 Å². The average Bonchev–Trinajstić information content (AvgIpc) is 1.67. The maximum absolute atomic E-state index is 8.52. The molecule has 1 nitrogen and oxygen atoms in total. The Labute approximate surface area is 53.7 Å². The SMILES string of the molecule is CCC(C)(P)CCO. The number of rotatable bonds is 3. The molecule has 0 fully saturated rings. The van der Waals surface area contributed by atoms with Crippen molar-refractivity contribution in [2.75, 3.05) is 6.61 Å². The Morgan fingerprint density at radius 1 is 1.62 bits per heavy atom. The Bertz CT molecular complexity index is 61.5. The number of aliphatic hydroxyl groups excluding tert-OH is 1. The minimum absolute atomic E-state index is 0.259. The van der Waals surface area contributed by atoms with Gasteiger partial charge in [-0.2, -0.15) is 0 Å². The lowest BCUT2D eigenvalue weighted by Crippen LogP contribution is -2.15. The van der Waals surface area contributed by atoms with Crippen LogP contribution in [0.3, 0.4) is 0 Å². The monoisotopic (exact) mass is 134 g/mol. The van der Waals surface area contributed by atoms with Crippen LogP contribution in [0.4, 0.5) is 0 Å². The molecule has 2 unspecified atom stereocenters. The maximum Gasteiger partial charge on any atom is 0.0439 e. The van der Waals surface area contributed by atoms with Gasteiger partial charge in [-0.3, -0.25) is 0 Å². The molecule has 50 valence electrons. The largest absolute Gasteiger partial charge is 0.396 e. The molecule has 0 radical (unpaired) electrons. The fourth-order valence-electron chi connectivity index (χ4n) is 0.432. The summed E-state index contributed by atoms with van der Waals surface area (Å²) in [5.41, 5.74) is 0. The zero-order chi connectivity index (χ0) is 6.62. The Kier molecular flexibility index (Phi) is 3.59. The topological polar surface area (TPSA) is 20.2 Å². The summed E-state index contributed by atoms with van der Waals surface area (Å²) >= 11 is 0. The second kappa shape index (κ2) is 3.42. The van der Waals surface area contributed by atoms with E-state index in [9.17, 15) is 0 Å². The summed E-state index contributed by atoms with van der Waals surface area (Å²) in [5, 5.41) is 8.78. The molecule has 0 saturated carbocycles. The van der Waals surface area contributed by atoms with Crippen LogP contribution in [0.15, 0.2) is 0 Å². The van der Waals surface area contributed by atoms with Crippen molar-refractivity contribution in [1.29, 1.82) is 0 Å². The van der Waals surface area contributed by atoms with Gasteiger partial charge in [-0.15, -0.1) is 9.24 Å². The predicted octanol–water partition coefficient (Wildman–Crippen LogP) is 1.41. The summed E-state index contributed by atoms with van der Waals surface area (Å²) in [4.78, 5) is 0. The Morgan fingerprint density at radius 3 is 2.25 bits per heavy atom. The molecule has 1 N–H and O–H groups in total. The highest BCUT2D eigenvalue weighted by atomic mass is 31.0. The van der Waals surface area contributed by atoms with Gasteiger partial charge >= 0.3 is 0 Å². The van der Waals surface area contributed by atoms with Gasteiger partial charge in [-0.05, 0) is 18.0 Å². The summed E-state index contributed by atoms with van der Waals surface area (Å²) in [6, 6.07) is 0. The zero-order valence-corrected chi connectivity index (χ0v) is 6.80. The summed E-state index contributed by atoms with van der Waals surface area (Å²) in [6.45, 7) is 4.56. The van der Waals surface area contributed by atoms with Crippen molar-refractivity contribution >= 4 is 9.24 Å². The highest BCUT2D eigenvalue weighted by Gasteiger charge is 2.12. The van der Waals surface area contributed by atoms with E-state index in [0.29, 0.717) is 6.61 Å². The van der Waals surface area contributed by atoms with Gasteiger partial charge in [0.15, 0.2) is 0 Å². The number of hydrogen-bond acceptors (Lipinski definition) is 1. The Hall–Kier alpha value is 0.390. The minimum atomic E-state index is 0.259. The van der Waals surface area contributed by atoms with E-state index in [1.807, 2.05) is 0 Å². The van der Waals surface area contributed by atoms with Gasteiger partial charge in [-0.1, -0.05) is 13.8 Å². The molecule has 0 aromatic heterocycles. The molecular weight excluding hydrogens is 119 g/mol. The molecule has 0 rings (SSSR count). The van der Waals surface area contributed by atoms with E-state index in [4.69, 9.17) is 5.11 Å². The molecule has 0 saturated heterocycles. The third-order valence-corrected chi connectivity index (χ3v) is 2.19. The first-order chi connectivity index (χ1) is 3.62. The standard InChI is InChI=1S/C6H15OP/c1-3-6(2,8)4-5-7/h7H,3-5,8H2,1-2H3. The van der Waals surface area contributed by atoms with Crippen LogP contribution in [0.25, 0.3) is 0 Å². The molecule has 0 aliphatic carbocycles. The second-order valence-corrected chi connectivity index (χ2v) is 3.88. The molecule has 0 heterocycles. The molecule has 0 spiro atoms. The smallest absolute Gasteiger partial charge is 0.0439 e. The molecule has 0 amide bonds. The van der Waals surface area contributed by atoms with Gasteiger partial charge < -0.3 is 5.11 Å². The van der Waals surface area contributed by atoms with E-state index in [0.717, 1.165) is 12.8 Å². The number of aliphatic hydroxyl groups is 1. The molecule has 2 atom stereocenters. The van der Waals surface area contributed by atoms with E-state index >= 15 is 0 Å². The quantitative estimate of drug-likeness (QED) is 0.578. The van der Waals surface area contributed by atoms with Crippen molar-refractivity contribution in [2.24, 2.45) is 0 Å². The van der Waals surface area contributed by atoms with E-state index < -0.39 is 0 Å². The van der Waals surface area contributed by atoms with Crippen LogP contribution in [0, 0.1) is 0 Å². The molecule has 0 aromatic carbocycles. The fraction of sp³-hybridized carbons (Fsp3) is 1.00. The van der Waals surface area contributed by atoms with Crippen LogP contribution >= 0.6 is 9.24 Å². The Balaban J connectivity index is 3.37. The molecule has 0 aliphatic heterocycles. The zero-order valence-electron chi connectivity index (χ0n) is 5.65. The van der Waals surface area contributed by atoms with Crippen molar-refractivity contribution in [3.8, 4) is 0 Å². The van der Waals surface area contributed by atoms with Gasteiger partial charge in [0, 0.05) is 6.61 Å². The van der Waals surface area contributed by atoms with Crippen LogP contribution in [-0.2, 0) is 0 Å². The van der Waals surface area contributed by atoms with Crippen LogP contribution in [0.2, 0.25) is 0 Å². The minimum Gasteiger partial charge on any atom is -0.396 e. The molecule has 8 heavy (non-hydrogen) atoms. The van der Waals surface area contributed by atoms with E-state index in [1.54, 1.807) is 0 Å². The van der Waals surface area contributed by atoms with Gasteiger partial charge in [0.1, 0.15) is 0 Å². The van der Waals surface area contributed by atoms with Crippen molar-refractivity contribution in [3.05, 3.63) is 0 Å². The first kappa shape index (κ1) is 8.39. The van der Waals surface area contributed by atoms with Gasteiger partial charge in [0.05, 0.1) is 0 Å². The molecule has 0 aliphatic rings. The van der Waals surface area contributed by atoms with Gasteiger partial charge in [-0.25, -0.2) is 0 Å². The van der Waals surface area contributed by atoms with Crippen molar-refractivity contribution in [1.82, 2.24) is 0 Å².